The second-order valence-corrected chi connectivity index (χ2v) is 7.75. The first kappa shape index (κ1) is 20.3. The Morgan fingerprint density at radius 1 is 1.18 bits per heavy atom. The van der Waals surface area contributed by atoms with Gasteiger partial charge in [0, 0.05) is 30.6 Å². The van der Waals surface area contributed by atoms with Crippen LogP contribution in [-0.2, 0) is 11.3 Å². The van der Waals surface area contributed by atoms with E-state index < -0.39 is 0 Å². The van der Waals surface area contributed by atoms with Crippen molar-refractivity contribution in [2.24, 2.45) is 0 Å². The molecule has 0 unspecified atom stereocenters. The predicted octanol–water partition coefficient (Wildman–Crippen LogP) is 3.32. The van der Waals surface area contributed by atoms with Crippen molar-refractivity contribution >= 4 is 17.5 Å². The number of ether oxygens (including phenoxy) is 1. The Labute approximate surface area is 169 Å². The number of hydrogen-bond acceptors (Lipinski definition) is 6. The molecule has 2 aromatic heterocycles. The number of rotatable bonds is 8. The summed E-state index contributed by atoms with van der Waals surface area (Å²) in [4.78, 5) is 12.8. The average Bonchev–Trinajstić information content (AvgIpc) is 3.23. The number of thioether (sulfide) groups is 1. The number of tetrazole rings is 1. The van der Waals surface area contributed by atoms with Crippen LogP contribution in [0.4, 0.5) is 0 Å². The molecule has 0 radical (unpaired) electrons. The van der Waals surface area contributed by atoms with Gasteiger partial charge in [0.25, 0.3) is 0 Å². The SMILES string of the molecule is COCCn1c(C)cc(C(=O)CSc2nnnn2-c2ccc(C)cc2C)c1C. The molecule has 3 rings (SSSR count). The molecule has 0 N–H and O–H groups in total. The van der Waals surface area contributed by atoms with Crippen LogP contribution in [0.2, 0.25) is 0 Å². The number of benzene rings is 1. The highest BCUT2D eigenvalue weighted by Crippen LogP contribution is 2.23. The van der Waals surface area contributed by atoms with Gasteiger partial charge in [0.2, 0.25) is 5.16 Å². The van der Waals surface area contributed by atoms with E-state index in [2.05, 4.69) is 26.2 Å². The smallest absolute Gasteiger partial charge is 0.214 e. The summed E-state index contributed by atoms with van der Waals surface area (Å²) in [5.74, 6) is 0.344. The van der Waals surface area contributed by atoms with Gasteiger partial charge in [-0.05, 0) is 55.8 Å². The predicted molar refractivity (Wildman–Crippen MR) is 109 cm³/mol. The summed E-state index contributed by atoms with van der Waals surface area (Å²) in [7, 11) is 1.68. The Morgan fingerprint density at radius 3 is 2.68 bits per heavy atom. The zero-order valence-electron chi connectivity index (χ0n) is 16.9. The molecule has 0 aliphatic carbocycles. The highest BCUT2D eigenvalue weighted by atomic mass is 32.2. The monoisotopic (exact) mass is 399 g/mol. The largest absolute Gasteiger partial charge is 0.383 e. The molecule has 148 valence electrons. The van der Waals surface area contributed by atoms with Crippen molar-refractivity contribution in [2.45, 2.75) is 39.4 Å². The van der Waals surface area contributed by atoms with Crippen LogP contribution in [0.25, 0.3) is 5.69 Å². The molecule has 0 bridgehead atoms. The van der Waals surface area contributed by atoms with E-state index in [4.69, 9.17) is 4.74 Å². The molecule has 0 aliphatic heterocycles. The summed E-state index contributed by atoms with van der Waals surface area (Å²) >= 11 is 1.35. The van der Waals surface area contributed by atoms with Crippen molar-refractivity contribution in [3.63, 3.8) is 0 Å². The lowest BCUT2D eigenvalue weighted by Crippen LogP contribution is -2.10. The van der Waals surface area contributed by atoms with Crippen molar-refractivity contribution in [3.05, 3.63) is 52.3 Å². The first-order valence-corrected chi connectivity index (χ1v) is 10.1. The molecule has 0 spiro atoms. The van der Waals surface area contributed by atoms with Gasteiger partial charge in [-0.25, -0.2) is 0 Å². The highest BCUT2D eigenvalue weighted by molar-refractivity contribution is 7.99. The third kappa shape index (κ3) is 4.18. The minimum atomic E-state index is 0.0666. The van der Waals surface area contributed by atoms with Crippen molar-refractivity contribution in [1.82, 2.24) is 24.8 Å². The molecule has 8 heteroatoms. The molecule has 2 heterocycles. The Bertz CT molecular complexity index is 993. The molecule has 0 saturated heterocycles. The van der Waals surface area contributed by atoms with E-state index in [1.165, 1.54) is 17.3 Å². The molecule has 0 atom stereocenters. The van der Waals surface area contributed by atoms with Crippen molar-refractivity contribution < 1.29 is 9.53 Å². The van der Waals surface area contributed by atoms with Gasteiger partial charge in [0.15, 0.2) is 5.78 Å². The molecular weight excluding hydrogens is 374 g/mol. The van der Waals surface area contributed by atoms with Crippen LogP contribution in [0.15, 0.2) is 29.4 Å². The summed E-state index contributed by atoms with van der Waals surface area (Å²) in [5, 5.41) is 12.6. The maximum absolute atomic E-state index is 12.8. The van der Waals surface area contributed by atoms with Crippen molar-refractivity contribution in [2.75, 3.05) is 19.5 Å². The normalized spacial score (nSPS) is 11.2. The lowest BCUT2D eigenvalue weighted by molar-refractivity contribution is 0.102. The zero-order chi connectivity index (χ0) is 20.3. The van der Waals surface area contributed by atoms with E-state index in [-0.39, 0.29) is 11.5 Å². The maximum Gasteiger partial charge on any atom is 0.214 e. The minimum Gasteiger partial charge on any atom is -0.383 e. The third-order valence-electron chi connectivity index (χ3n) is 4.75. The minimum absolute atomic E-state index is 0.0666. The van der Waals surface area contributed by atoms with Crippen LogP contribution in [0.5, 0.6) is 0 Å². The van der Waals surface area contributed by atoms with Gasteiger partial charge >= 0.3 is 0 Å². The van der Waals surface area contributed by atoms with E-state index in [1.807, 2.05) is 45.9 Å². The van der Waals surface area contributed by atoms with Gasteiger partial charge in [0.1, 0.15) is 0 Å². The molecule has 7 nitrogen and oxygen atoms in total. The van der Waals surface area contributed by atoms with E-state index in [0.29, 0.717) is 11.8 Å². The number of aromatic nitrogens is 5. The lowest BCUT2D eigenvalue weighted by atomic mass is 10.1. The van der Waals surface area contributed by atoms with E-state index in [9.17, 15) is 4.79 Å². The van der Waals surface area contributed by atoms with Crippen molar-refractivity contribution in [3.8, 4) is 5.69 Å². The maximum atomic E-state index is 12.8. The average molecular weight is 400 g/mol. The number of nitrogens with zero attached hydrogens (tertiary/aromatic N) is 5. The standard InChI is InChI=1S/C20H25N5O2S/c1-13-6-7-18(14(2)10-13)25-20(21-22-23-25)28-12-19(26)17-11-15(3)24(16(17)4)8-9-27-5/h6-7,10-11H,8-9,12H2,1-5H3. The van der Waals surface area contributed by atoms with E-state index in [1.54, 1.807) is 11.8 Å². The van der Waals surface area contributed by atoms with Crippen LogP contribution >= 0.6 is 11.8 Å². The molecular formula is C20H25N5O2S. The molecule has 0 amide bonds. The Morgan fingerprint density at radius 2 is 1.96 bits per heavy atom. The summed E-state index contributed by atoms with van der Waals surface area (Å²) in [6.45, 7) is 9.41. The number of carbonyl (C=O) groups is 1. The first-order valence-electron chi connectivity index (χ1n) is 9.10. The third-order valence-corrected chi connectivity index (χ3v) is 5.67. The summed E-state index contributed by atoms with van der Waals surface area (Å²) < 4.78 is 8.96. The van der Waals surface area contributed by atoms with E-state index >= 15 is 0 Å². The number of methoxy groups -OCH3 is 1. The number of carbonyl (C=O) groups excluding carboxylic acids is 1. The second kappa shape index (κ2) is 8.70. The Kier molecular flexibility index (Phi) is 6.31. The van der Waals surface area contributed by atoms with Crippen LogP contribution in [-0.4, -0.2) is 50.0 Å². The fourth-order valence-corrected chi connectivity index (χ4v) is 4.05. The highest BCUT2D eigenvalue weighted by Gasteiger charge is 2.18. The fourth-order valence-electron chi connectivity index (χ4n) is 3.28. The number of hydrogen-bond donors (Lipinski definition) is 0. The van der Waals surface area contributed by atoms with Crippen LogP contribution < -0.4 is 0 Å². The van der Waals surface area contributed by atoms with Gasteiger partial charge in [-0.15, -0.1) is 5.10 Å². The molecule has 1 aromatic carbocycles. The zero-order valence-corrected chi connectivity index (χ0v) is 17.7. The lowest BCUT2D eigenvalue weighted by Gasteiger charge is -2.09. The molecule has 3 aromatic rings. The summed E-state index contributed by atoms with van der Waals surface area (Å²) in [6, 6.07) is 8.06. The molecule has 0 saturated carbocycles. The van der Waals surface area contributed by atoms with Crippen molar-refractivity contribution in [1.29, 1.82) is 0 Å². The summed E-state index contributed by atoms with van der Waals surface area (Å²) in [5.41, 5.74) is 5.96. The van der Waals surface area contributed by atoms with Gasteiger partial charge in [-0.3, -0.25) is 4.79 Å². The van der Waals surface area contributed by atoms with E-state index in [0.717, 1.165) is 34.7 Å². The second-order valence-electron chi connectivity index (χ2n) is 6.80. The molecule has 0 aliphatic rings. The van der Waals surface area contributed by atoms with Crippen LogP contribution in [0, 0.1) is 27.7 Å². The first-order chi connectivity index (χ1) is 13.4. The number of Topliss-reactive ketones (excluding diaryl/α,β-unsaturated/α-hetero) is 1. The van der Waals surface area contributed by atoms with Gasteiger partial charge in [-0.2, -0.15) is 4.68 Å². The number of aryl methyl sites for hydroxylation is 3. The molecule has 28 heavy (non-hydrogen) atoms. The van der Waals surface area contributed by atoms with Gasteiger partial charge < -0.3 is 9.30 Å². The number of ketones is 1. The fraction of sp³-hybridized carbons (Fsp3) is 0.400. The van der Waals surface area contributed by atoms with Gasteiger partial charge in [-0.1, -0.05) is 29.5 Å². The van der Waals surface area contributed by atoms with Crippen LogP contribution in [0.1, 0.15) is 32.9 Å². The summed E-state index contributed by atoms with van der Waals surface area (Å²) in [6.07, 6.45) is 0. The quantitative estimate of drug-likeness (QED) is 0.427. The molecule has 0 fully saturated rings. The Balaban J connectivity index is 1.75. The van der Waals surface area contributed by atoms with Crippen LogP contribution in [0.3, 0.4) is 0 Å². The Hall–Kier alpha value is -2.45. The topological polar surface area (TPSA) is 74.8 Å². The van der Waals surface area contributed by atoms with Gasteiger partial charge in [0.05, 0.1) is 18.0 Å².